The lowest BCUT2D eigenvalue weighted by Gasteiger charge is -2.01. The van der Waals surface area contributed by atoms with E-state index in [4.69, 9.17) is 4.52 Å². The highest BCUT2D eigenvalue weighted by Gasteiger charge is 2.28. The zero-order valence-electron chi connectivity index (χ0n) is 9.14. The number of rotatable bonds is 3. The molecule has 0 unspecified atom stereocenters. The van der Waals surface area contributed by atoms with Crippen LogP contribution in [0.15, 0.2) is 24.5 Å². The molecule has 0 atom stereocenters. The molecule has 1 saturated carbocycles. The third-order valence-electron chi connectivity index (χ3n) is 2.65. The number of hydrogen-bond acceptors (Lipinski definition) is 5. The second kappa shape index (κ2) is 4.58. The standard InChI is InChI=1S/C10H8Br2N4O2/c11-6-3-13-16(10(17)8(6)12)4-7-14-9(15-18-7)5-1-2-5/h3,5H,1-2,4H2. The molecule has 2 aromatic heterocycles. The molecule has 3 rings (SSSR count). The van der Waals surface area contributed by atoms with Gasteiger partial charge in [0, 0.05) is 5.92 Å². The summed E-state index contributed by atoms with van der Waals surface area (Å²) in [6.07, 6.45) is 3.77. The maximum absolute atomic E-state index is 11.9. The summed E-state index contributed by atoms with van der Waals surface area (Å²) >= 11 is 6.42. The summed E-state index contributed by atoms with van der Waals surface area (Å²) in [4.78, 5) is 16.1. The molecule has 0 saturated heterocycles. The maximum atomic E-state index is 11.9. The summed E-state index contributed by atoms with van der Waals surface area (Å²) in [6, 6.07) is 0. The molecule has 0 N–H and O–H groups in total. The maximum Gasteiger partial charge on any atom is 0.282 e. The van der Waals surface area contributed by atoms with E-state index in [2.05, 4.69) is 47.1 Å². The smallest absolute Gasteiger partial charge is 0.282 e. The molecule has 8 heteroatoms. The first-order valence-electron chi connectivity index (χ1n) is 5.39. The van der Waals surface area contributed by atoms with Crippen molar-refractivity contribution >= 4 is 31.9 Å². The van der Waals surface area contributed by atoms with Gasteiger partial charge in [-0.3, -0.25) is 4.79 Å². The van der Waals surface area contributed by atoms with Gasteiger partial charge in [-0.2, -0.15) is 10.1 Å². The molecule has 0 aliphatic heterocycles. The largest absolute Gasteiger partial charge is 0.337 e. The Balaban J connectivity index is 1.87. The summed E-state index contributed by atoms with van der Waals surface area (Å²) < 4.78 is 7.43. The van der Waals surface area contributed by atoms with E-state index >= 15 is 0 Å². The van der Waals surface area contributed by atoms with Crippen LogP contribution < -0.4 is 5.56 Å². The highest BCUT2D eigenvalue weighted by Crippen LogP contribution is 2.38. The molecular weight excluding hydrogens is 368 g/mol. The first-order valence-corrected chi connectivity index (χ1v) is 6.97. The molecule has 94 valence electrons. The lowest BCUT2D eigenvalue weighted by atomic mass is 10.4. The number of aromatic nitrogens is 4. The van der Waals surface area contributed by atoms with Crippen LogP contribution in [0.4, 0.5) is 0 Å². The summed E-state index contributed by atoms with van der Waals surface area (Å²) in [5.74, 6) is 1.57. The van der Waals surface area contributed by atoms with Crippen LogP contribution in [0.5, 0.6) is 0 Å². The summed E-state index contributed by atoms with van der Waals surface area (Å²) in [5.41, 5.74) is -0.240. The van der Waals surface area contributed by atoms with Crippen LogP contribution in [0.1, 0.15) is 30.5 Å². The molecule has 0 bridgehead atoms. The van der Waals surface area contributed by atoms with Gasteiger partial charge < -0.3 is 4.52 Å². The van der Waals surface area contributed by atoms with Gasteiger partial charge in [0.1, 0.15) is 11.0 Å². The van der Waals surface area contributed by atoms with E-state index in [1.165, 1.54) is 4.68 Å². The van der Waals surface area contributed by atoms with Gasteiger partial charge in [-0.15, -0.1) is 0 Å². The second-order valence-corrected chi connectivity index (χ2v) is 5.74. The minimum Gasteiger partial charge on any atom is -0.337 e. The SMILES string of the molecule is O=c1c(Br)c(Br)cnn1Cc1nc(C2CC2)no1. The van der Waals surface area contributed by atoms with Gasteiger partial charge >= 0.3 is 0 Å². The van der Waals surface area contributed by atoms with Crippen molar-refractivity contribution in [2.24, 2.45) is 0 Å². The average Bonchev–Trinajstić information content (AvgIpc) is 3.11. The fourth-order valence-corrected chi connectivity index (χ4v) is 2.09. The first-order chi connectivity index (χ1) is 8.65. The average molecular weight is 376 g/mol. The lowest BCUT2D eigenvalue weighted by molar-refractivity contribution is 0.358. The molecule has 0 amide bonds. The zero-order chi connectivity index (χ0) is 12.7. The molecule has 6 nitrogen and oxygen atoms in total. The zero-order valence-corrected chi connectivity index (χ0v) is 12.3. The van der Waals surface area contributed by atoms with Crippen molar-refractivity contribution in [3.63, 3.8) is 0 Å². The minimum atomic E-state index is -0.240. The number of nitrogens with zero attached hydrogens (tertiary/aromatic N) is 4. The highest BCUT2D eigenvalue weighted by atomic mass is 79.9. The van der Waals surface area contributed by atoms with E-state index in [1.54, 1.807) is 6.20 Å². The van der Waals surface area contributed by atoms with E-state index in [0.29, 0.717) is 20.8 Å². The normalized spacial score (nSPS) is 15.0. The van der Waals surface area contributed by atoms with E-state index < -0.39 is 0 Å². The Morgan fingerprint density at radius 1 is 1.44 bits per heavy atom. The van der Waals surface area contributed by atoms with Crippen molar-refractivity contribution in [2.75, 3.05) is 0 Å². The highest BCUT2D eigenvalue weighted by molar-refractivity contribution is 9.13. The Labute approximate surface area is 119 Å². The van der Waals surface area contributed by atoms with Gasteiger partial charge in [0.2, 0.25) is 5.89 Å². The molecule has 1 aliphatic rings. The summed E-state index contributed by atoms with van der Waals surface area (Å²) in [7, 11) is 0. The summed E-state index contributed by atoms with van der Waals surface area (Å²) in [5, 5.41) is 7.90. The van der Waals surface area contributed by atoms with Crippen molar-refractivity contribution in [1.29, 1.82) is 0 Å². The van der Waals surface area contributed by atoms with Crippen LogP contribution in [-0.4, -0.2) is 19.9 Å². The molecule has 0 radical (unpaired) electrons. The van der Waals surface area contributed by atoms with Gasteiger partial charge in [-0.05, 0) is 44.7 Å². The first kappa shape index (κ1) is 12.0. The second-order valence-electron chi connectivity index (χ2n) is 4.09. The van der Waals surface area contributed by atoms with E-state index in [-0.39, 0.29) is 12.1 Å². The van der Waals surface area contributed by atoms with Crippen molar-refractivity contribution in [2.45, 2.75) is 25.3 Å². The minimum absolute atomic E-state index is 0.185. The Bertz CT molecular complexity index is 648. The molecule has 2 heterocycles. The predicted molar refractivity (Wildman–Crippen MR) is 69.3 cm³/mol. The van der Waals surface area contributed by atoms with Crippen LogP contribution in [0, 0.1) is 0 Å². The fourth-order valence-electron chi connectivity index (χ4n) is 1.53. The third-order valence-corrected chi connectivity index (χ3v) is 4.55. The van der Waals surface area contributed by atoms with Crippen molar-refractivity contribution in [1.82, 2.24) is 19.9 Å². The Morgan fingerprint density at radius 2 is 2.22 bits per heavy atom. The predicted octanol–water partition coefficient (Wildman–Crippen LogP) is 2.08. The number of halogens is 2. The number of hydrogen-bond donors (Lipinski definition) is 0. The van der Waals surface area contributed by atoms with E-state index in [1.807, 2.05) is 0 Å². The van der Waals surface area contributed by atoms with E-state index in [9.17, 15) is 4.79 Å². The molecule has 1 fully saturated rings. The Hall–Kier alpha value is -1.02. The topological polar surface area (TPSA) is 73.8 Å². The lowest BCUT2D eigenvalue weighted by Crippen LogP contribution is -2.24. The van der Waals surface area contributed by atoms with Gasteiger partial charge in [-0.25, -0.2) is 4.68 Å². The monoisotopic (exact) mass is 374 g/mol. The third kappa shape index (κ3) is 2.26. The van der Waals surface area contributed by atoms with Crippen LogP contribution in [0.2, 0.25) is 0 Å². The van der Waals surface area contributed by atoms with Crippen LogP contribution in [0.25, 0.3) is 0 Å². The van der Waals surface area contributed by atoms with Crippen LogP contribution in [-0.2, 0) is 6.54 Å². The van der Waals surface area contributed by atoms with Gasteiger partial charge in [0.05, 0.1) is 10.7 Å². The Morgan fingerprint density at radius 3 is 2.94 bits per heavy atom. The van der Waals surface area contributed by atoms with E-state index in [0.717, 1.165) is 18.7 Å². The van der Waals surface area contributed by atoms with Crippen LogP contribution in [0.3, 0.4) is 0 Å². The molecule has 2 aromatic rings. The van der Waals surface area contributed by atoms with Gasteiger partial charge in [-0.1, -0.05) is 5.16 Å². The van der Waals surface area contributed by atoms with Gasteiger partial charge in [0.25, 0.3) is 5.56 Å². The molecule has 0 spiro atoms. The fraction of sp³-hybridized carbons (Fsp3) is 0.400. The quantitative estimate of drug-likeness (QED) is 0.821. The summed E-state index contributed by atoms with van der Waals surface area (Å²) in [6.45, 7) is 0.185. The Kier molecular flexibility index (Phi) is 3.06. The van der Waals surface area contributed by atoms with Crippen molar-refractivity contribution in [3.8, 4) is 0 Å². The van der Waals surface area contributed by atoms with Crippen molar-refractivity contribution < 1.29 is 4.52 Å². The molecule has 18 heavy (non-hydrogen) atoms. The molecule has 1 aliphatic carbocycles. The molecular formula is C10H8Br2N4O2. The van der Waals surface area contributed by atoms with Crippen LogP contribution >= 0.6 is 31.9 Å². The van der Waals surface area contributed by atoms with Crippen molar-refractivity contribution in [3.05, 3.63) is 37.2 Å². The van der Waals surface area contributed by atoms with Gasteiger partial charge in [0.15, 0.2) is 5.82 Å². The molecule has 0 aromatic carbocycles.